The van der Waals surface area contributed by atoms with E-state index in [2.05, 4.69) is 10.6 Å². The molecule has 2 N–H and O–H groups in total. The number of nitrogens with one attached hydrogen (secondary N) is 2. The van der Waals surface area contributed by atoms with Gasteiger partial charge in [-0.1, -0.05) is 36.4 Å². The van der Waals surface area contributed by atoms with E-state index < -0.39 is 35.1 Å². The number of hydrogen-bond acceptors (Lipinski definition) is 4. The Morgan fingerprint density at radius 1 is 0.657 bits per heavy atom. The van der Waals surface area contributed by atoms with Crippen molar-refractivity contribution >= 4 is 44.8 Å². The lowest BCUT2D eigenvalue weighted by Gasteiger charge is -2.21. The van der Waals surface area contributed by atoms with Crippen LogP contribution in [0, 0.1) is 27.7 Å². The molecule has 3 aromatic carbocycles. The molecule has 0 radical (unpaired) electrons. The van der Waals surface area contributed by atoms with Crippen molar-refractivity contribution in [3.63, 3.8) is 0 Å². The fraction of sp³-hybridized carbons (Fsp3) is 0.231. The van der Waals surface area contributed by atoms with Crippen LogP contribution in [-0.2, 0) is 19.8 Å². The van der Waals surface area contributed by atoms with Gasteiger partial charge in [-0.2, -0.15) is 8.42 Å². The van der Waals surface area contributed by atoms with Gasteiger partial charge in [-0.3, -0.25) is 9.59 Å². The Labute approximate surface area is 205 Å². The van der Waals surface area contributed by atoms with Crippen LogP contribution in [0.25, 0.3) is 0 Å². The predicted octanol–water partition coefficient (Wildman–Crippen LogP) is 4.07. The monoisotopic (exact) mass is 492 g/mol. The molecular weight excluding hydrogens is 464 g/mol. The quantitative estimate of drug-likeness (QED) is 0.542. The first kappa shape index (κ1) is 24.3. The minimum atomic E-state index is -4.15. The molecule has 4 rings (SSSR count). The van der Waals surface area contributed by atoms with Gasteiger partial charge in [-0.05, 0) is 74.2 Å². The maximum atomic E-state index is 13.5. The molecular formula is C26H28N4O4S. The Bertz CT molecular complexity index is 1320. The van der Waals surface area contributed by atoms with Crippen molar-refractivity contribution in [3.8, 4) is 0 Å². The van der Waals surface area contributed by atoms with E-state index in [1.165, 1.54) is 0 Å². The summed E-state index contributed by atoms with van der Waals surface area (Å²) in [6, 6.07) is 17.7. The van der Waals surface area contributed by atoms with Gasteiger partial charge in [-0.25, -0.2) is 8.61 Å². The van der Waals surface area contributed by atoms with Gasteiger partial charge in [0.25, 0.3) is 0 Å². The Hall–Kier alpha value is -3.85. The zero-order valence-electron chi connectivity index (χ0n) is 20.1. The number of anilines is 4. The van der Waals surface area contributed by atoms with Crippen LogP contribution in [0.2, 0.25) is 0 Å². The summed E-state index contributed by atoms with van der Waals surface area (Å²) in [7, 11) is -4.15. The van der Waals surface area contributed by atoms with E-state index in [0.717, 1.165) is 30.9 Å². The molecule has 0 saturated heterocycles. The number of benzene rings is 3. The minimum absolute atomic E-state index is 0.350. The van der Waals surface area contributed by atoms with Crippen molar-refractivity contribution in [2.45, 2.75) is 27.7 Å². The Morgan fingerprint density at radius 3 is 1.46 bits per heavy atom. The number of para-hydroxylation sites is 2. The fourth-order valence-corrected chi connectivity index (χ4v) is 5.60. The van der Waals surface area contributed by atoms with E-state index in [1.807, 2.05) is 52.0 Å². The molecule has 0 spiro atoms. The number of amides is 2. The molecule has 0 bridgehead atoms. The predicted molar refractivity (Wildman–Crippen MR) is 139 cm³/mol. The first-order valence-corrected chi connectivity index (χ1v) is 12.6. The van der Waals surface area contributed by atoms with Crippen LogP contribution in [0.1, 0.15) is 22.3 Å². The van der Waals surface area contributed by atoms with Gasteiger partial charge >= 0.3 is 10.2 Å². The lowest BCUT2D eigenvalue weighted by Crippen LogP contribution is -2.44. The molecule has 9 heteroatoms. The van der Waals surface area contributed by atoms with Gasteiger partial charge in [0.05, 0.1) is 11.4 Å². The molecule has 0 atom stereocenters. The van der Waals surface area contributed by atoms with Crippen molar-refractivity contribution in [2.24, 2.45) is 0 Å². The molecule has 182 valence electrons. The molecule has 1 aliphatic heterocycles. The molecule has 1 heterocycles. The number of rotatable bonds is 6. The Balaban J connectivity index is 1.56. The van der Waals surface area contributed by atoms with Crippen LogP contribution in [0.15, 0.2) is 60.7 Å². The molecule has 2 amide bonds. The first-order valence-electron chi connectivity index (χ1n) is 11.2. The van der Waals surface area contributed by atoms with E-state index >= 15 is 0 Å². The molecule has 35 heavy (non-hydrogen) atoms. The smallest absolute Gasteiger partial charge is 0.324 e. The third-order valence-corrected chi connectivity index (χ3v) is 8.07. The van der Waals surface area contributed by atoms with Crippen molar-refractivity contribution in [1.29, 1.82) is 0 Å². The van der Waals surface area contributed by atoms with Crippen LogP contribution >= 0.6 is 0 Å². The molecule has 8 nitrogen and oxygen atoms in total. The highest BCUT2D eigenvalue weighted by Gasteiger charge is 2.42. The minimum Gasteiger partial charge on any atom is -0.324 e. The number of nitrogens with zero attached hydrogens (tertiary/aromatic N) is 2. The number of fused-ring (bicyclic) bond motifs is 1. The van der Waals surface area contributed by atoms with Crippen LogP contribution in [-0.4, -0.2) is 33.3 Å². The second kappa shape index (κ2) is 9.42. The second-order valence-electron chi connectivity index (χ2n) is 8.60. The molecule has 3 aromatic rings. The van der Waals surface area contributed by atoms with Gasteiger partial charge in [0, 0.05) is 11.4 Å². The highest BCUT2D eigenvalue weighted by molar-refractivity contribution is 7.94. The van der Waals surface area contributed by atoms with E-state index in [-0.39, 0.29) is 0 Å². The molecule has 0 unspecified atom stereocenters. The summed E-state index contributed by atoms with van der Waals surface area (Å²) >= 11 is 0. The fourth-order valence-electron chi connectivity index (χ4n) is 4.00. The Morgan fingerprint density at radius 2 is 1.06 bits per heavy atom. The third kappa shape index (κ3) is 4.72. The van der Waals surface area contributed by atoms with Crippen LogP contribution in [0.3, 0.4) is 0 Å². The topological polar surface area (TPSA) is 98.8 Å². The van der Waals surface area contributed by atoms with Crippen LogP contribution in [0.4, 0.5) is 22.7 Å². The number of hydrogen-bond donors (Lipinski definition) is 2. The van der Waals surface area contributed by atoms with Gasteiger partial charge < -0.3 is 10.6 Å². The summed E-state index contributed by atoms with van der Waals surface area (Å²) < 4.78 is 29.0. The number of carbonyl (C=O) groups excluding carboxylic acids is 2. The molecule has 0 saturated carbocycles. The Kier molecular flexibility index (Phi) is 6.53. The summed E-state index contributed by atoms with van der Waals surface area (Å²) in [5.41, 5.74) is 5.82. The highest BCUT2D eigenvalue weighted by Crippen LogP contribution is 2.40. The van der Waals surface area contributed by atoms with Gasteiger partial charge in [0.15, 0.2) is 0 Å². The van der Waals surface area contributed by atoms with Crippen LogP contribution < -0.4 is 19.2 Å². The van der Waals surface area contributed by atoms with Crippen LogP contribution in [0.5, 0.6) is 0 Å². The maximum Gasteiger partial charge on any atom is 0.327 e. The summed E-state index contributed by atoms with van der Waals surface area (Å²) in [5.74, 6) is -0.947. The van der Waals surface area contributed by atoms with Crippen molar-refractivity contribution in [3.05, 3.63) is 82.9 Å². The molecule has 1 aliphatic rings. The SMILES string of the molecule is Cc1cccc(NC(=O)CN2c3ccccc3N(CC(=O)Nc3cccc(C)c3C)S2(=O)=O)c1C. The van der Waals surface area contributed by atoms with E-state index in [0.29, 0.717) is 22.7 Å². The number of aryl methyl sites for hydroxylation is 2. The normalized spacial score (nSPS) is 13.9. The first-order chi connectivity index (χ1) is 16.6. The zero-order valence-corrected chi connectivity index (χ0v) is 20.9. The summed E-state index contributed by atoms with van der Waals surface area (Å²) in [6.45, 7) is 6.83. The molecule has 0 fully saturated rings. The lowest BCUT2D eigenvalue weighted by molar-refractivity contribution is -0.115. The highest BCUT2D eigenvalue weighted by atomic mass is 32.2. The summed E-state index contributed by atoms with van der Waals surface area (Å²) in [4.78, 5) is 25.7. The van der Waals surface area contributed by atoms with E-state index in [9.17, 15) is 18.0 Å². The van der Waals surface area contributed by atoms with Gasteiger partial charge in [-0.15, -0.1) is 0 Å². The average Bonchev–Trinajstić information content (AvgIpc) is 3.01. The third-order valence-electron chi connectivity index (χ3n) is 6.31. The largest absolute Gasteiger partial charge is 0.327 e. The van der Waals surface area contributed by atoms with E-state index in [4.69, 9.17) is 0 Å². The molecule has 0 aromatic heterocycles. The standard InChI is InChI=1S/C26H28N4O4S/c1-17-9-7-11-21(19(17)3)27-25(31)15-29-23-13-5-6-14-24(23)30(35(29,33)34)16-26(32)28-22-12-8-10-18(2)20(22)4/h5-14H,15-16H2,1-4H3,(H,27,31)(H,28,32). The number of carbonyl (C=O) groups is 2. The van der Waals surface area contributed by atoms with Crippen molar-refractivity contribution in [2.75, 3.05) is 32.3 Å². The van der Waals surface area contributed by atoms with Gasteiger partial charge in [0.1, 0.15) is 13.1 Å². The lowest BCUT2D eigenvalue weighted by atomic mass is 10.1. The average molecular weight is 493 g/mol. The zero-order chi connectivity index (χ0) is 25.3. The van der Waals surface area contributed by atoms with Crippen molar-refractivity contribution < 1.29 is 18.0 Å². The van der Waals surface area contributed by atoms with Crippen molar-refractivity contribution in [1.82, 2.24) is 0 Å². The van der Waals surface area contributed by atoms with E-state index in [1.54, 1.807) is 36.4 Å². The molecule has 0 aliphatic carbocycles. The summed E-state index contributed by atoms with van der Waals surface area (Å²) in [6.07, 6.45) is 0. The second-order valence-corrected chi connectivity index (χ2v) is 10.4. The van der Waals surface area contributed by atoms with Gasteiger partial charge in [0.2, 0.25) is 11.8 Å². The summed E-state index contributed by atoms with van der Waals surface area (Å²) in [5, 5.41) is 5.61. The maximum absolute atomic E-state index is 13.5.